The highest BCUT2D eigenvalue weighted by Gasteiger charge is 2.34. The number of amides is 1. The Balaban J connectivity index is 1.87. The topological polar surface area (TPSA) is 50.4 Å². The zero-order chi connectivity index (χ0) is 16.0. The summed E-state index contributed by atoms with van der Waals surface area (Å²) in [6, 6.07) is 9.41. The van der Waals surface area contributed by atoms with Crippen molar-refractivity contribution in [3.63, 3.8) is 0 Å². The highest BCUT2D eigenvalue weighted by atomic mass is 35.6. The molecule has 1 fully saturated rings. The van der Waals surface area contributed by atoms with Crippen molar-refractivity contribution < 1.29 is 9.53 Å². The fourth-order valence-electron chi connectivity index (χ4n) is 2.30. The molecule has 1 aromatic carbocycles. The van der Waals surface area contributed by atoms with Crippen LogP contribution in [-0.2, 0) is 16.0 Å². The Kier molecular flexibility index (Phi) is 6.78. The zero-order valence-corrected chi connectivity index (χ0v) is 14.3. The highest BCUT2D eigenvalue weighted by molar-refractivity contribution is 6.68. The normalized spacial score (nSPS) is 19.9. The van der Waals surface area contributed by atoms with Gasteiger partial charge in [-0.25, -0.2) is 0 Å². The molecule has 4 nitrogen and oxygen atoms in total. The molecule has 0 radical (unpaired) electrons. The number of benzene rings is 1. The predicted octanol–water partition coefficient (Wildman–Crippen LogP) is 2.81. The molecule has 122 valence electrons. The van der Waals surface area contributed by atoms with Crippen molar-refractivity contribution in [3.05, 3.63) is 35.9 Å². The molecule has 7 heteroatoms. The van der Waals surface area contributed by atoms with E-state index in [0.717, 1.165) is 25.0 Å². The van der Waals surface area contributed by atoms with Crippen LogP contribution in [0, 0.1) is 0 Å². The van der Waals surface area contributed by atoms with E-state index < -0.39 is 9.96 Å². The molecule has 2 rings (SSSR count). The smallest absolute Gasteiger partial charge is 0.225 e. The van der Waals surface area contributed by atoms with Gasteiger partial charge in [0.15, 0.2) is 0 Å². The van der Waals surface area contributed by atoms with Crippen molar-refractivity contribution in [2.75, 3.05) is 13.2 Å². The highest BCUT2D eigenvalue weighted by Crippen LogP contribution is 2.29. The molecule has 1 saturated heterocycles. The largest absolute Gasteiger partial charge is 0.377 e. The molecule has 0 saturated carbocycles. The van der Waals surface area contributed by atoms with Crippen molar-refractivity contribution in [2.45, 2.75) is 35.3 Å². The molecule has 1 aliphatic rings. The number of alkyl halides is 3. The van der Waals surface area contributed by atoms with E-state index in [1.807, 2.05) is 30.3 Å². The Hall–Kier alpha value is -0.520. The SMILES string of the molecule is O=C(Cc1ccccc1)N[C@H](NC[C@@H]1CCCO1)C(Cl)(Cl)Cl. The lowest BCUT2D eigenvalue weighted by Gasteiger charge is -2.27. The van der Waals surface area contributed by atoms with Crippen LogP contribution in [0.4, 0.5) is 0 Å². The number of carbonyl (C=O) groups excluding carboxylic acids is 1. The fourth-order valence-corrected chi connectivity index (χ4v) is 2.69. The van der Waals surface area contributed by atoms with E-state index in [1.165, 1.54) is 0 Å². The molecule has 1 amide bonds. The predicted molar refractivity (Wildman–Crippen MR) is 89.3 cm³/mol. The second-order valence-electron chi connectivity index (χ2n) is 5.25. The number of hydrogen-bond acceptors (Lipinski definition) is 3. The summed E-state index contributed by atoms with van der Waals surface area (Å²) in [4.78, 5) is 12.1. The van der Waals surface area contributed by atoms with Gasteiger partial charge in [-0.3, -0.25) is 10.1 Å². The molecule has 0 aliphatic carbocycles. The Morgan fingerprint density at radius 3 is 2.64 bits per heavy atom. The number of rotatable bonds is 6. The molecular weight excluding hydrogens is 347 g/mol. The maximum Gasteiger partial charge on any atom is 0.225 e. The van der Waals surface area contributed by atoms with Crippen molar-refractivity contribution >= 4 is 40.7 Å². The van der Waals surface area contributed by atoms with Crippen LogP contribution in [0.15, 0.2) is 30.3 Å². The van der Waals surface area contributed by atoms with E-state index in [-0.39, 0.29) is 18.4 Å². The minimum atomic E-state index is -1.63. The van der Waals surface area contributed by atoms with Gasteiger partial charge in [-0.05, 0) is 18.4 Å². The third-order valence-corrected chi connectivity index (χ3v) is 4.07. The van der Waals surface area contributed by atoms with Gasteiger partial charge in [-0.1, -0.05) is 65.1 Å². The average Bonchev–Trinajstić information content (AvgIpc) is 2.96. The van der Waals surface area contributed by atoms with Gasteiger partial charge in [0.05, 0.1) is 12.5 Å². The first-order valence-electron chi connectivity index (χ1n) is 7.20. The Labute approximate surface area is 145 Å². The first-order chi connectivity index (χ1) is 10.4. The quantitative estimate of drug-likeness (QED) is 0.602. The summed E-state index contributed by atoms with van der Waals surface area (Å²) in [6.07, 6.45) is 1.57. The van der Waals surface area contributed by atoms with Crippen molar-refractivity contribution in [3.8, 4) is 0 Å². The van der Waals surface area contributed by atoms with Crippen LogP contribution in [0.25, 0.3) is 0 Å². The Morgan fingerprint density at radius 1 is 1.32 bits per heavy atom. The second-order valence-corrected chi connectivity index (χ2v) is 7.62. The van der Waals surface area contributed by atoms with E-state index in [1.54, 1.807) is 0 Å². The van der Waals surface area contributed by atoms with E-state index in [2.05, 4.69) is 10.6 Å². The van der Waals surface area contributed by atoms with Crippen LogP contribution in [0.3, 0.4) is 0 Å². The molecule has 2 N–H and O–H groups in total. The van der Waals surface area contributed by atoms with Gasteiger partial charge >= 0.3 is 0 Å². The van der Waals surface area contributed by atoms with Crippen LogP contribution in [0.2, 0.25) is 0 Å². The van der Waals surface area contributed by atoms with Crippen LogP contribution < -0.4 is 10.6 Å². The molecule has 0 aromatic heterocycles. The lowest BCUT2D eigenvalue weighted by Crippen LogP contribution is -2.55. The number of nitrogens with one attached hydrogen (secondary N) is 2. The second kappa shape index (κ2) is 8.37. The van der Waals surface area contributed by atoms with Gasteiger partial charge in [0.1, 0.15) is 6.17 Å². The zero-order valence-electron chi connectivity index (χ0n) is 12.0. The summed E-state index contributed by atoms with van der Waals surface area (Å²) in [5.74, 6) is -0.206. The number of ether oxygens (including phenoxy) is 1. The van der Waals surface area contributed by atoms with Crippen molar-refractivity contribution in [1.82, 2.24) is 10.6 Å². The van der Waals surface area contributed by atoms with Gasteiger partial charge in [-0.15, -0.1) is 0 Å². The molecule has 1 heterocycles. The van der Waals surface area contributed by atoms with E-state index >= 15 is 0 Å². The summed E-state index contributed by atoms with van der Waals surface area (Å²) in [6.45, 7) is 1.29. The summed E-state index contributed by atoms with van der Waals surface area (Å²) in [5, 5.41) is 5.79. The van der Waals surface area contributed by atoms with E-state index in [0.29, 0.717) is 6.54 Å². The van der Waals surface area contributed by atoms with Crippen molar-refractivity contribution in [2.24, 2.45) is 0 Å². The average molecular weight is 366 g/mol. The van der Waals surface area contributed by atoms with Gasteiger partial charge < -0.3 is 10.1 Å². The Morgan fingerprint density at radius 2 is 2.05 bits per heavy atom. The van der Waals surface area contributed by atoms with Crippen LogP contribution >= 0.6 is 34.8 Å². The lowest BCUT2D eigenvalue weighted by molar-refractivity contribution is -0.121. The summed E-state index contributed by atoms with van der Waals surface area (Å²) >= 11 is 17.8. The van der Waals surface area contributed by atoms with Crippen molar-refractivity contribution in [1.29, 1.82) is 0 Å². The Bertz CT molecular complexity index is 473. The third kappa shape index (κ3) is 5.94. The molecular formula is C15H19Cl3N2O2. The summed E-state index contributed by atoms with van der Waals surface area (Å²) in [5.41, 5.74) is 0.905. The fraction of sp³-hybridized carbons (Fsp3) is 0.533. The van der Waals surface area contributed by atoms with Gasteiger partial charge in [0, 0.05) is 13.2 Å². The number of hydrogen-bond donors (Lipinski definition) is 2. The molecule has 22 heavy (non-hydrogen) atoms. The third-order valence-electron chi connectivity index (χ3n) is 3.41. The van der Waals surface area contributed by atoms with Gasteiger partial charge in [0.2, 0.25) is 9.70 Å². The van der Waals surface area contributed by atoms with Crippen LogP contribution in [0.5, 0.6) is 0 Å². The molecule has 1 aromatic rings. The number of carbonyl (C=O) groups is 1. The monoisotopic (exact) mass is 364 g/mol. The van der Waals surface area contributed by atoms with E-state index in [4.69, 9.17) is 39.5 Å². The molecule has 0 unspecified atom stereocenters. The first kappa shape index (κ1) is 17.8. The molecule has 0 bridgehead atoms. The maximum absolute atomic E-state index is 12.1. The van der Waals surface area contributed by atoms with E-state index in [9.17, 15) is 4.79 Å². The molecule has 2 atom stereocenters. The van der Waals surface area contributed by atoms with Crippen LogP contribution in [-0.4, -0.2) is 35.1 Å². The summed E-state index contributed by atoms with van der Waals surface area (Å²) in [7, 11) is 0. The lowest BCUT2D eigenvalue weighted by atomic mass is 10.1. The van der Waals surface area contributed by atoms with Crippen LogP contribution in [0.1, 0.15) is 18.4 Å². The van der Waals surface area contributed by atoms with Gasteiger partial charge in [-0.2, -0.15) is 0 Å². The standard InChI is InChI=1S/C15H19Cl3N2O2/c16-15(17,18)14(19-10-12-7-4-8-22-12)20-13(21)9-11-5-2-1-3-6-11/h1-3,5-6,12,14,19H,4,7-10H2,(H,20,21)/t12-,14-/m0/s1. The minimum absolute atomic E-state index is 0.0980. The first-order valence-corrected chi connectivity index (χ1v) is 8.33. The molecule has 1 aliphatic heterocycles. The molecule has 0 spiro atoms. The minimum Gasteiger partial charge on any atom is -0.377 e. The maximum atomic E-state index is 12.1. The number of halogens is 3. The summed E-state index contributed by atoms with van der Waals surface area (Å²) < 4.78 is 3.88. The van der Waals surface area contributed by atoms with Gasteiger partial charge in [0.25, 0.3) is 0 Å².